The van der Waals surface area contributed by atoms with Crippen molar-refractivity contribution in [3.05, 3.63) is 13.8 Å². The summed E-state index contributed by atoms with van der Waals surface area (Å²) in [6.45, 7) is 10.0. The van der Waals surface area contributed by atoms with Gasteiger partial charge in [-0.15, -0.1) is 0 Å². The van der Waals surface area contributed by atoms with E-state index in [1.54, 1.807) is 13.8 Å². The molecule has 0 nitrogen and oxygen atoms in total. The van der Waals surface area contributed by atoms with Crippen molar-refractivity contribution in [1.82, 2.24) is 0 Å². The van der Waals surface area contributed by atoms with Crippen molar-refractivity contribution in [3.8, 4) is 0 Å². The van der Waals surface area contributed by atoms with Gasteiger partial charge in [0, 0.05) is 0 Å². The fourth-order valence-electron chi connectivity index (χ4n) is 0. The summed E-state index contributed by atoms with van der Waals surface area (Å²) < 4.78 is 0. The van der Waals surface area contributed by atoms with Gasteiger partial charge in [0.15, 0.2) is 0 Å². The molecule has 7 heavy (non-hydrogen) atoms. The van der Waals surface area contributed by atoms with Crippen LogP contribution in [0.4, 0.5) is 0 Å². The third kappa shape index (κ3) is 104. The van der Waals surface area contributed by atoms with E-state index in [1.165, 1.54) is 0 Å². The van der Waals surface area contributed by atoms with Crippen LogP contribution in [0.3, 0.4) is 0 Å². The Hall–Kier alpha value is 1.46. The van der Waals surface area contributed by atoms with Crippen LogP contribution < -0.4 is 0 Å². The van der Waals surface area contributed by atoms with E-state index in [2.05, 4.69) is 13.8 Å². The molecule has 0 saturated carbocycles. The van der Waals surface area contributed by atoms with Crippen LogP contribution >= 0.6 is 17.0 Å². The van der Waals surface area contributed by atoms with Crippen molar-refractivity contribution in [2.24, 2.45) is 0 Å². The van der Waals surface area contributed by atoms with Crippen LogP contribution in [0.5, 0.6) is 0 Å². The van der Waals surface area contributed by atoms with Crippen LogP contribution in [0.15, 0.2) is 0 Å². The van der Waals surface area contributed by atoms with Gasteiger partial charge in [-0.3, -0.25) is 0 Å². The summed E-state index contributed by atoms with van der Waals surface area (Å²) in [5.74, 6) is 0. The van der Waals surface area contributed by atoms with Crippen molar-refractivity contribution in [2.45, 2.75) is 13.8 Å². The molecule has 0 fully saturated rings. The Balaban J connectivity index is -0.0000000360. The van der Waals surface area contributed by atoms with Gasteiger partial charge in [-0.25, -0.2) is 0 Å². The van der Waals surface area contributed by atoms with E-state index in [9.17, 15) is 0 Å². The summed E-state index contributed by atoms with van der Waals surface area (Å²) >= 11 is -0.826. The number of hydrogen-bond donors (Lipinski definition) is 0. The van der Waals surface area contributed by atoms with Crippen molar-refractivity contribution in [3.63, 3.8) is 0 Å². The number of hydrogen-bond acceptors (Lipinski definition) is 0. The molecule has 0 aromatic rings. The second kappa shape index (κ2) is 51.4. The quantitative estimate of drug-likeness (QED) is 0.550. The molecule has 0 atom stereocenters. The van der Waals surface area contributed by atoms with Gasteiger partial charge in [-0.05, 0) is 0 Å². The van der Waals surface area contributed by atoms with E-state index in [1.807, 2.05) is 0 Å². The molecule has 0 saturated heterocycles. The average molecular weight is 220 g/mol. The molecule has 44 valence electrons. The summed E-state index contributed by atoms with van der Waals surface area (Å²) in [5.41, 5.74) is 0. The predicted molar refractivity (Wildman–Crippen MR) is 33.8 cm³/mol. The molecule has 0 aliphatic rings. The van der Waals surface area contributed by atoms with Crippen LogP contribution in [-0.4, -0.2) is 0 Å². The van der Waals surface area contributed by atoms with Gasteiger partial charge >= 0.3 is 37.9 Å². The van der Waals surface area contributed by atoms with Crippen LogP contribution in [0.25, 0.3) is 0 Å². The molecule has 0 N–H and O–H groups in total. The fraction of sp³-hybridized carbons (Fsp3) is 0.500. The van der Waals surface area contributed by atoms with E-state index in [0.717, 1.165) is 0 Å². The summed E-state index contributed by atoms with van der Waals surface area (Å²) in [6.07, 6.45) is 0. The van der Waals surface area contributed by atoms with Gasteiger partial charge in [-0.1, -0.05) is 0 Å². The molecule has 0 radical (unpaired) electrons. The molecule has 0 unspecified atom stereocenters. The minimum absolute atomic E-state index is 0.826. The van der Waals surface area contributed by atoms with E-state index >= 15 is 0 Å². The zero-order valence-corrected chi connectivity index (χ0v) is 8.64. The van der Waals surface area contributed by atoms with E-state index < -0.39 is 20.8 Å². The van der Waals surface area contributed by atoms with Crippen LogP contribution in [0.2, 0.25) is 0 Å². The standard InChI is InChI=1S/2C2H5.2ClH.Zr/c2*1-2;;;/h2*1H2,2H3;2*1H;/q2*-1;;;+4/p-2. The maximum absolute atomic E-state index is 4.93. The molecular weight excluding hydrogens is 210 g/mol. The molecule has 0 amide bonds. The Morgan fingerprint density at radius 2 is 1.00 bits per heavy atom. The molecule has 0 aliphatic carbocycles. The first-order valence-corrected chi connectivity index (χ1v) is 8.12. The molecule has 0 aromatic heterocycles. The Bertz CT molecular complexity index is 9.65. The van der Waals surface area contributed by atoms with Gasteiger partial charge in [0.25, 0.3) is 0 Å². The van der Waals surface area contributed by atoms with Gasteiger partial charge in [0.1, 0.15) is 0 Å². The fourth-order valence-corrected chi connectivity index (χ4v) is 0. The predicted octanol–water partition coefficient (Wildman–Crippen LogP) is 3.06. The van der Waals surface area contributed by atoms with Gasteiger partial charge in [0.05, 0.1) is 0 Å². The summed E-state index contributed by atoms with van der Waals surface area (Å²) in [5, 5.41) is 0. The minimum atomic E-state index is -0.826. The monoisotopic (exact) mass is 218 g/mol. The Labute approximate surface area is 65.3 Å². The van der Waals surface area contributed by atoms with Crippen LogP contribution in [0, 0.1) is 13.8 Å². The number of rotatable bonds is 0. The molecule has 0 aromatic carbocycles. The number of halogens is 2. The molecule has 0 aliphatic heterocycles. The maximum atomic E-state index is 4.93. The van der Waals surface area contributed by atoms with Gasteiger partial charge < -0.3 is 13.8 Å². The third-order valence-corrected chi connectivity index (χ3v) is 0. The Kier molecular flexibility index (Phi) is 116. The first-order valence-electron chi connectivity index (χ1n) is 1.79. The zero-order chi connectivity index (χ0) is 6.71. The normalized spacial score (nSPS) is 3.14. The van der Waals surface area contributed by atoms with Gasteiger partial charge in [-0.2, -0.15) is 13.8 Å². The second-order valence-corrected chi connectivity index (χ2v) is 3.80. The first-order chi connectivity index (χ1) is 3.41. The summed E-state index contributed by atoms with van der Waals surface area (Å²) in [4.78, 5) is 0. The SMILES string of the molecule is [CH2-]C.[CH2-]C.[Cl][Zr+2][Cl]. The topological polar surface area (TPSA) is 0 Å². The Morgan fingerprint density at radius 3 is 1.00 bits per heavy atom. The van der Waals surface area contributed by atoms with Crippen molar-refractivity contribution >= 4 is 17.0 Å². The van der Waals surface area contributed by atoms with E-state index in [0.29, 0.717) is 0 Å². The molecular formula is C4H10Cl2Zr. The third-order valence-electron chi connectivity index (χ3n) is 0. The van der Waals surface area contributed by atoms with Crippen LogP contribution in [-0.2, 0) is 20.8 Å². The van der Waals surface area contributed by atoms with Gasteiger partial charge in [0.2, 0.25) is 0 Å². The second-order valence-electron chi connectivity index (χ2n) is 0.0714. The molecule has 0 spiro atoms. The molecule has 0 bridgehead atoms. The molecule has 3 heteroatoms. The molecule has 0 rings (SSSR count). The van der Waals surface area contributed by atoms with E-state index in [4.69, 9.17) is 17.0 Å². The van der Waals surface area contributed by atoms with Crippen molar-refractivity contribution in [2.75, 3.05) is 0 Å². The zero-order valence-electron chi connectivity index (χ0n) is 4.67. The summed E-state index contributed by atoms with van der Waals surface area (Å²) in [7, 11) is 9.87. The summed E-state index contributed by atoms with van der Waals surface area (Å²) in [6, 6.07) is 0. The van der Waals surface area contributed by atoms with Crippen molar-refractivity contribution in [1.29, 1.82) is 0 Å². The average Bonchev–Trinajstić information content (AvgIpc) is 1.78. The first kappa shape index (κ1) is 15.8. The van der Waals surface area contributed by atoms with Crippen LogP contribution in [0.1, 0.15) is 13.8 Å². The van der Waals surface area contributed by atoms with E-state index in [-0.39, 0.29) is 0 Å². The molecule has 0 heterocycles. The Morgan fingerprint density at radius 1 is 1.00 bits per heavy atom. The van der Waals surface area contributed by atoms with Crippen molar-refractivity contribution < 1.29 is 20.8 Å².